The smallest absolute Gasteiger partial charge is 0.261 e. The summed E-state index contributed by atoms with van der Waals surface area (Å²) in [5.74, 6) is -1.92. The van der Waals surface area contributed by atoms with E-state index in [0.717, 1.165) is 49.2 Å². The van der Waals surface area contributed by atoms with Gasteiger partial charge >= 0.3 is 0 Å². The molecule has 0 radical (unpaired) electrons. The summed E-state index contributed by atoms with van der Waals surface area (Å²) in [5.41, 5.74) is 1.89. The fourth-order valence-corrected chi connectivity index (χ4v) is 5.64. The van der Waals surface area contributed by atoms with Crippen molar-refractivity contribution in [1.29, 1.82) is 0 Å². The molecule has 3 heterocycles. The molecule has 0 aliphatic carbocycles. The third-order valence-electron chi connectivity index (χ3n) is 7.93. The van der Waals surface area contributed by atoms with Crippen molar-refractivity contribution in [2.24, 2.45) is 5.92 Å². The van der Waals surface area contributed by atoms with Gasteiger partial charge < -0.3 is 19.5 Å². The number of benzene rings is 1. The van der Waals surface area contributed by atoms with Gasteiger partial charge in [-0.2, -0.15) is 5.10 Å². The van der Waals surface area contributed by atoms with Crippen LogP contribution < -0.4 is 5.32 Å². The highest BCUT2D eigenvalue weighted by molar-refractivity contribution is 6.74. The van der Waals surface area contributed by atoms with Crippen LogP contribution in [0.15, 0.2) is 24.4 Å². The first-order valence-electron chi connectivity index (χ1n) is 14.4. The predicted octanol–water partition coefficient (Wildman–Crippen LogP) is 7.27. The number of rotatable bonds is 10. The molecule has 2 aromatic heterocycles. The number of carbonyl (C=O) groups is 1. The largest absolute Gasteiger partial charge is 0.416 e. The fourth-order valence-electron chi connectivity index (χ4n) is 4.60. The lowest BCUT2D eigenvalue weighted by Gasteiger charge is -2.36. The van der Waals surface area contributed by atoms with Crippen molar-refractivity contribution in [2.75, 3.05) is 18.5 Å². The third-order valence-corrected chi connectivity index (χ3v) is 12.5. The average molecular weight is 588 g/mol. The normalized spacial score (nSPS) is 16.4. The van der Waals surface area contributed by atoms with E-state index in [0.29, 0.717) is 42.8 Å². The van der Waals surface area contributed by atoms with Gasteiger partial charge in [0.15, 0.2) is 19.8 Å². The average Bonchev–Trinajstić information content (AvgIpc) is 3.47. The van der Waals surface area contributed by atoms with Crippen molar-refractivity contribution in [3.8, 4) is 11.5 Å². The van der Waals surface area contributed by atoms with Crippen LogP contribution in [0.4, 0.5) is 14.5 Å². The van der Waals surface area contributed by atoms with E-state index >= 15 is 0 Å². The Kier molecular flexibility index (Phi) is 9.50. The number of aromatic amines is 1. The number of imidazole rings is 1. The molecule has 11 heteroatoms. The minimum absolute atomic E-state index is 0.101. The lowest BCUT2D eigenvalue weighted by Crippen LogP contribution is -2.41. The minimum atomic E-state index is -1.93. The summed E-state index contributed by atoms with van der Waals surface area (Å²) in [5, 5.41) is 7.53. The SMILES string of the molecule is CC(C)Cc1[nH]c(-c2nn(C3CCCCO3)cc2NC(=O)c2c(F)cccc2F)nc1CCO[Si](C)(C)C(C)(C)C. The van der Waals surface area contributed by atoms with Gasteiger partial charge in [-0.3, -0.25) is 4.79 Å². The molecule has 1 fully saturated rings. The zero-order chi connectivity index (χ0) is 29.9. The van der Waals surface area contributed by atoms with Gasteiger partial charge in [0, 0.05) is 25.3 Å². The Balaban J connectivity index is 1.68. The Morgan fingerprint density at radius 2 is 1.95 bits per heavy atom. The minimum Gasteiger partial charge on any atom is -0.416 e. The van der Waals surface area contributed by atoms with Crippen LogP contribution in [0.3, 0.4) is 0 Å². The van der Waals surface area contributed by atoms with Crippen LogP contribution in [-0.2, 0) is 22.0 Å². The maximum Gasteiger partial charge on any atom is 0.261 e. The number of hydrogen-bond donors (Lipinski definition) is 2. The standard InChI is InChI=1S/C30H43F2N5O3Si/c1-19(2)17-23-22(14-16-40-41(6,7)30(3,4)5)33-28(34-23)27-24(18-37(36-27)25-13-8-9-15-39-25)35-29(38)26-20(31)11-10-12-21(26)32/h10-12,18-19,25H,8-9,13-17H2,1-7H3,(H,33,34)(H,35,38). The summed E-state index contributed by atoms with van der Waals surface area (Å²) >= 11 is 0. The molecule has 1 atom stereocenters. The third kappa shape index (κ3) is 7.31. The predicted molar refractivity (Wildman–Crippen MR) is 158 cm³/mol. The maximum absolute atomic E-state index is 14.4. The van der Waals surface area contributed by atoms with E-state index in [1.165, 1.54) is 6.07 Å². The Hall–Kier alpha value is -2.89. The molecule has 1 unspecified atom stereocenters. The number of amides is 1. The van der Waals surface area contributed by atoms with E-state index in [4.69, 9.17) is 19.2 Å². The molecule has 224 valence electrons. The number of anilines is 1. The second-order valence-electron chi connectivity index (χ2n) is 12.7. The van der Waals surface area contributed by atoms with Crippen LogP contribution in [0.1, 0.15) is 81.9 Å². The van der Waals surface area contributed by atoms with Gasteiger partial charge in [-0.1, -0.05) is 40.7 Å². The molecule has 4 rings (SSSR count). The molecule has 41 heavy (non-hydrogen) atoms. The zero-order valence-corrected chi connectivity index (χ0v) is 26.2. The number of nitrogens with zero attached hydrogens (tertiary/aromatic N) is 3. The van der Waals surface area contributed by atoms with E-state index in [1.54, 1.807) is 10.9 Å². The molecule has 0 saturated carbocycles. The Labute approximate surface area is 242 Å². The van der Waals surface area contributed by atoms with Gasteiger partial charge in [-0.25, -0.2) is 18.4 Å². The highest BCUT2D eigenvalue weighted by atomic mass is 28.4. The maximum atomic E-state index is 14.4. The number of halogens is 2. The van der Waals surface area contributed by atoms with Crippen LogP contribution in [0, 0.1) is 17.6 Å². The number of ether oxygens (including phenoxy) is 1. The highest BCUT2D eigenvalue weighted by Gasteiger charge is 2.37. The van der Waals surface area contributed by atoms with Crippen LogP contribution in [0.5, 0.6) is 0 Å². The zero-order valence-electron chi connectivity index (χ0n) is 25.2. The van der Waals surface area contributed by atoms with E-state index < -0.39 is 31.4 Å². The van der Waals surface area contributed by atoms with Gasteiger partial charge in [0.1, 0.15) is 23.4 Å². The van der Waals surface area contributed by atoms with Gasteiger partial charge in [-0.05, 0) is 61.9 Å². The van der Waals surface area contributed by atoms with Gasteiger partial charge in [0.25, 0.3) is 5.91 Å². The van der Waals surface area contributed by atoms with Crippen LogP contribution in [0.25, 0.3) is 11.5 Å². The van der Waals surface area contributed by atoms with Gasteiger partial charge in [0.05, 0.1) is 17.6 Å². The molecule has 1 aliphatic heterocycles. The number of aromatic nitrogens is 4. The first-order valence-corrected chi connectivity index (χ1v) is 17.4. The van der Waals surface area contributed by atoms with Crippen molar-refractivity contribution >= 4 is 19.9 Å². The Bertz CT molecular complexity index is 1340. The number of nitrogens with one attached hydrogen (secondary N) is 2. The molecule has 1 saturated heterocycles. The summed E-state index contributed by atoms with van der Waals surface area (Å²) in [6.07, 6.45) is 5.46. The number of hydrogen-bond acceptors (Lipinski definition) is 5. The highest BCUT2D eigenvalue weighted by Crippen LogP contribution is 2.37. The van der Waals surface area contributed by atoms with Gasteiger partial charge in [0.2, 0.25) is 0 Å². The van der Waals surface area contributed by atoms with E-state index in [-0.39, 0.29) is 11.3 Å². The Morgan fingerprint density at radius 1 is 1.24 bits per heavy atom. The molecule has 1 aromatic carbocycles. The summed E-state index contributed by atoms with van der Waals surface area (Å²) < 4.78 is 42.8. The van der Waals surface area contributed by atoms with Crippen LogP contribution in [-0.4, -0.2) is 47.2 Å². The lowest BCUT2D eigenvalue weighted by atomic mass is 10.1. The van der Waals surface area contributed by atoms with Crippen molar-refractivity contribution < 1.29 is 22.7 Å². The second kappa shape index (κ2) is 12.5. The van der Waals surface area contributed by atoms with Crippen molar-refractivity contribution in [3.63, 3.8) is 0 Å². The second-order valence-corrected chi connectivity index (χ2v) is 17.5. The van der Waals surface area contributed by atoms with Crippen molar-refractivity contribution in [1.82, 2.24) is 19.7 Å². The summed E-state index contributed by atoms with van der Waals surface area (Å²) in [6, 6.07) is 3.34. The molecule has 8 nitrogen and oxygen atoms in total. The monoisotopic (exact) mass is 587 g/mol. The first kappa shape index (κ1) is 31.1. The summed E-state index contributed by atoms with van der Waals surface area (Å²) in [4.78, 5) is 21.4. The fraction of sp³-hybridized carbons (Fsp3) is 0.567. The Morgan fingerprint density at radius 3 is 2.56 bits per heavy atom. The molecule has 0 bridgehead atoms. The molecular weight excluding hydrogens is 544 g/mol. The van der Waals surface area contributed by atoms with E-state index in [1.807, 2.05) is 0 Å². The topological polar surface area (TPSA) is 94.1 Å². The first-order chi connectivity index (χ1) is 19.3. The van der Waals surface area contributed by atoms with Gasteiger partial charge in [-0.15, -0.1) is 0 Å². The number of H-pyrrole nitrogens is 1. The summed E-state index contributed by atoms with van der Waals surface area (Å²) in [6.45, 7) is 16.5. The van der Waals surface area contributed by atoms with Crippen LogP contribution in [0.2, 0.25) is 18.1 Å². The van der Waals surface area contributed by atoms with Crippen molar-refractivity contribution in [3.05, 3.63) is 53.0 Å². The molecule has 0 spiro atoms. The molecule has 1 amide bonds. The van der Waals surface area contributed by atoms with Crippen LogP contribution >= 0.6 is 0 Å². The molecule has 3 aromatic rings. The number of carbonyl (C=O) groups excluding carboxylic acids is 1. The molecular formula is C30H43F2N5O3Si. The molecule has 2 N–H and O–H groups in total. The van der Waals surface area contributed by atoms with E-state index in [2.05, 4.69) is 58.0 Å². The lowest BCUT2D eigenvalue weighted by molar-refractivity contribution is -0.0393. The van der Waals surface area contributed by atoms with Crippen molar-refractivity contribution in [2.45, 2.75) is 91.1 Å². The molecule has 1 aliphatic rings. The summed E-state index contributed by atoms with van der Waals surface area (Å²) in [7, 11) is -1.93. The quantitative estimate of drug-likeness (QED) is 0.243. The van der Waals surface area contributed by atoms with E-state index in [9.17, 15) is 13.6 Å².